The lowest BCUT2D eigenvalue weighted by Gasteiger charge is -2.22. The third kappa shape index (κ3) is 6.11. The molecule has 0 saturated carbocycles. The molecule has 7 nitrogen and oxygen atoms in total. The lowest BCUT2D eigenvalue weighted by Crippen LogP contribution is -2.31. The predicted octanol–water partition coefficient (Wildman–Crippen LogP) is 5.66. The van der Waals surface area contributed by atoms with Crippen molar-refractivity contribution in [3.05, 3.63) is 76.4 Å². The fourth-order valence-corrected chi connectivity index (χ4v) is 3.96. The number of aromatic nitrogens is 1. The summed E-state index contributed by atoms with van der Waals surface area (Å²) in [6.45, 7) is 6.30. The minimum Gasteiger partial charge on any atom is -0.496 e. The molecule has 1 atom stereocenters. The molecule has 35 heavy (non-hydrogen) atoms. The van der Waals surface area contributed by atoms with Crippen molar-refractivity contribution >= 4 is 23.5 Å². The Kier molecular flexibility index (Phi) is 8.02. The molecule has 0 aliphatic carbocycles. The highest BCUT2D eigenvalue weighted by atomic mass is 35.5. The molecule has 0 fully saturated rings. The standard InChI is InChI=1S/C27H29ClN2O5/c1-27(2,3)16-10-12-22(34-4)18(14-16)25-23(35-5)13-11-20(29-25)26(33)30-21(15-24(31)32)17-8-6-7-9-19(17)28/h6-14,21H,15H2,1-5H3,(H,30,33)(H,31,32)/t21-/m0/s1. The number of ether oxygens (including phenoxy) is 2. The molecule has 8 heteroatoms. The fourth-order valence-electron chi connectivity index (χ4n) is 3.69. The minimum atomic E-state index is -1.07. The Morgan fingerprint density at radius 3 is 2.29 bits per heavy atom. The van der Waals surface area contributed by atoms with E-state index < -0.39 is 17.9 Å². The van der Waals surface area contributed by atoms with E-state index in [9.17, 15) is 14.7 Å². The van der Waals surface area contributed by atoms with Crippen LogP contribution in [0, 0.1) is 0 Å². The van der Waals surface area contributed by atoms with E-state index in [2.05, 4.69) is 31.1 Å². The fraction of sp³-hybridized carbons (Fsp3) is 0.296. The van der Waals surface area contributed by atoms with Crippen LogP contribution >= 0.6 is 11.6 Å². The number of halogens is 1. The Hall–Kier alpha value is -3.58. The van der Waals surface area contributed by atoms with Crippen molar-refractivity contribution in [3.63, 3.8) is 0 Å². The molecular weight excluding hydrogens is 468 g/mol. The van der Waals surface area contributed by atoms with Gasteiger partial charge >= 0.3 is 5.97 Å². The zero-order valence-electron chi connectivity index (χ0n) is 20.4. The van der Waals surface area contributed by atoms with Crippen LogP contribution in [0.25, 0.3) is 11.3 Å². The molecule has 2 N–H and O–H groups in total. The predicted molar refractivity (Wildman–Crippen MR) is 135 cm³/mol. The second-order valence-corrected chi connectivity index (χ2v) is 9.47. The van der Waals surface area contributed by atoms with E-state index in [0.29, 0.717) is 33.3 Å². The summed E-state index contributed by atoms with van der Waals surface area (Å²) in [4.78, 5) is 29.3. The number of amides is 1. The van der Waals surface area contributed by atoms with E-state index in [1.165, 1.54) is 13.2 Å². The molecule has 0 saturated heterocycles. The van der Waals surface area contributed by atoms with Crippen molar-refractivity contribution in [1.82, 2.24) is 10.3 Å². The van der Waals surface area contributed by atoms with Crippen LogP contribution in [0.3, 0.4) is 0 Å². The van der Waals surface area contributed by atoms with E-state index in [1.54, 1.807) is 37.4 Å². The molecule has 3 aromatic rings. The highest BCUT2D eigenvalue weighted by Gasteiger charge is 2.24. The van der Waals surface area contributed by atoms with Crippen molar-refractivity contribution in [3.8, 4) is 22.8 Å². The highest BCUT2D eigenvalue weighted by molar-refractivity contribution is 6.31. The smallest absolute Gasteiger partial charge is 0.305 e. The number of carboxylic acid groups (broad SMARTS) is 1. The zero-order valence-corrected chi connectivity index (χ0v) is 21.1. The Morgan fingerprint density at radius 1 is 1.03 bits per heavy atom. The number of carbonyl (C=O) groups excluding carboxylic acids is 1. The van der Waals surface area contributed by atoms with E-state index in [0.717, 1.165) is 5.56 Å². The van der Waals surface area contributed by atoms with Crippen molar-refractivity contribution in [2.75, 3.05) is 14.2 Å². The molecule has 0 spiro atoms. The van der Waals surface area contributed by atoms with E-state index >= 15 is 0 Å². The lowest BCUT2D eigenvalue weighted by atomic mass is 9.85. The number of hydrogen-bond acceptors (Lipinski definition) is 5. The third-order valence-corrected chi connectivity index (χ3v) is 5.94. The van der Waals surface area contributed by atoms with Crippen LogP contribution in [-0.2, 0) is 10.2 Å². The Balaban J connectivity index is 2.05. The Morgan fingerprint density at radius 2 is 1.69 bits per heavy atom. The number of rotatable bonds is 8. The molecule has 3 rings (SSSR count). The topological polar surface area (TPSA) is 97.8 Å². The first-order valence-electron chi connectivity index (χ1n) is 11.1. The van der Waals surface area contributed by atoms with Crippen molar-refractivity contribution in [2.45, 2.75) is 38.6 Å². The van der Waals surface area contributed by atoms with E-state index in [1.807, 2.05) is 18.2 Å². The maximum atomic E-state index is 13.2. The van der Waals surface area contributed by atoms with E-state index in [4.69, 9.17) is 21.1 Å². The van der Waals surface area contributed by atoms with Gasteiger partial charge in [0.05, 0.1) is 26.7 Å². The molecule has 1 aromatic heterocycles. The summed E-state index contributed by atoms with van der Waals surface area (Å²) in [5, 5.41) is 12.5. The third-order valence-electron chi connectivity index (χ3n) is 5.60. The molecule has 1 amide bonds. The first-order chi connectivity index (χ1) is 16.5. The minimum absolute atomic E-state index is 0.103. The van der Waals surface area contributed by atoms with Crippen LogP contribution in [0.5, 0.6) is 11.5 Å². The number of aliphatic carboxylic acids is 1. The number of pyridine rings is 1. The number of benzene rings is 2. The first kappa shape index (κ1) is 26.0. The van der Waals surface area contributed by atoms with Gasteiger partial charge in [0, 0.05) is 10.6 Å². The molecule has 184 valence electrons. The maximum Gasteiger partial charge on any atom is 0.305 e. The van der Waals surface area contributed by atoms with Crippen molar-refractivity contribution in [1.29, 1.82) is 0 Å². The van der Waals surface area contributed by atoms with Gasteiger partial charge in [0.2, 0.25) is 0 Å². The van der Waals surface area contributed by atoms with Gasteiger partial charge in [-0.15, -0.1) is 0 Å². The van der Waals surface area contributed by atoms with Gasteiger partial charge in [-0.25, -0.2) is 4.98 Å². The van der Waals surface area contributed by atoms with Gasteiger partial charge in [-0.2, -0.15) is 0 Å². The van der Waals surface area contributed by atoms with Gasteiger partial charge in [0.25, 0.3) is 5.91 Å². The second kappa shape index (κ2) is 10.8. The molecule has 0 aliphatic rings. The molecule has 1 heterocycles. The Labute approximate surface area is 210 Å². The van der Waals surface area contributed by atoms with Crippen LogP contribution in [0.1, 0.15) is 54.8 Å². The van der Waals surface area contributed by atoms with Gasteiger partial charge in [0.15, 0.2) is 0 Å². The SMILES string of the molecule is COc1ccc(C(C)(C)C)cc1-c1nc(C(=O)N[C@@H](CC(=O)O)c2ccccc2Cl)ccc1OC. The van der Waals surface area contributed by atoms with Crippen LogP contribution < -0.4 is 14.8 Å². The van der Waals surface area contributed by atoms with Crippen LogP contribution in [0.2, 0.25) is 5.02 Å². The summed E-state index contributed by atoms with van der Waals surface area (Å²) >= 11 is 6.27. The largest absolute Gasteiger partial charge is 0.496 e. The van der Waals surface area contributed by atoms with Gasteiger partial charge in [0.1, 0.15) is 22.9 Å². The molecule has 2 aromatic carbocycles. The van der Waals surface area contributed by atoms with Crippen LogP contribution in [0.4, 0.5) is 0 Å². The summed E-state index contributed by atoms with van der Waals surface area (Å²) in [7, 11) is 3.10. The number of carboxylic acids is 1. The quantitative estimate of drug-likeness (QED) is 0.417. The summed E-state index contributed by atoms with van der Waals surface area (Å²) in [6, 6.07) is 15.0. The summed E-state index contributed by atoms with van der Waals surface area (Å²) in [6.07, 6.45) is -0.333. The number of nitrogens with zero attached hydrogens (tertiary/aromatic N) is 1. The maximum absolute atomic E-state index is 13.2. The summed E-state index contributed by atoms with van der Waals surface area (Å²) in [5.74, 6) is -0.548. The number of methoxy groups -OCH3 is 2. The average Bonchev–Trinajstić information content (AvgIpc) is 2.82. The van der Waals surface area contributed by atoms with Crippen LogP contribution in [-0.4, -0.2) is 36.2 Å². The monoisotopic (exact) mass is 496 g/mol. The lowest BCUT2D eigenvalue weighted by molar-refractivity contribution is -0.137. The average molecular weight is 497 g/mol. The molecule has 0 radical (unpaired) electrons. The Bertz CT molecular complexity index is 1240. The molecule has 0 unspecified atom stereocenters. The normalized spacial score (nSPS) is 12.1. The van der Waals surface area contributed by atoms with Gasteiger partial charge in [-0.05, 0) is 46.9 Å². The molecule has 0 aliphatic heterocycles. The van der Waals surface area contributed by atoms with Crippen LogP contribution in [0.15, 0.2) is 54.6 Å². The number of hydrogen-bond donors (Lipinski definition) is 2. The zero-order chi connectivity index (χ0) is 25.8. The summed E-state index contributed by atoms with van der Waals surface area (Å²) < 4.78 is 11.1. The van der Waals surface area contributed by atoms with Crippen molar-refractivity contribution in [2.24, 2.45) is 0 Å². The van der Waals surface area contributed by atoms with Gasteiger partial charge < -0.3 is 19.9 Å². The van der Waals surface area contributed by atoms with Crippen molar-refractivity contribution < 1.29 is 24.2 Å². The first-order valence-corrected chi connectivity index (χ1v) is 11.4. The van der Waals surface area contributed by atoms with Gasteiger partial charge in [-0.1, -0.05) is 56.6 Å². The second-order valence-electron chi connectivity index (χ2n) is 9.06. The highest BCUT2D eigenvalue weighted by Crippen LogP contribution is 2.38. The molecular formula is C27H29ClN2O5. The van der Waals surface area contributed by atoms with E-state index in [-0.39, 0.29) is 17.5 Å². The number of nitrogens with one attached hydrogen (secondary N) is 1. The van der Waals surface area contributed by atoms with Gasteiger partial charge in [-0.3, -0.25) is 9.59 Å². The summed E-state index contributed by atoms with van der Waals surface area (Å²) in [5.41, 5.74) is 2.68. The molecule has 0 bridgehead atoms. The number of carbonyl (C=O) groups is 2.